The number of carbonyl (C=O) groups is 2. The number of hydrogen-bond acceptors (Lipinski definition) is 5. The van der Waals surface area contributed by atoms with E-state index >= 15 is 0 Å². The van der Waals surface area contributed by atoms with Crippen molar-refractivity contribution in [3.8, 4) is 0 Å². The van der Waals surface area contributed by atoms with Gasteiger partial charge in [0.2, 0.25) is 11.8 Å². The van der Waals surface area contributed by atoms with Gasteiger partial charge < -0.3 is 19.1 Å². The van der Waals surface area contributed by atoms with Crippen LogP contribution in [0.25, 0.3) is 21.9 Å². The molecule has 146 valence electrons. The summed E-state index contributed by atoms with van der Waals surface area (Å²) < 4.78 is 11.4. The summed E-state index contributed by atoms with van der Waals surface area (Å²) in [5.74, 6) is 0.385. The molecule has 2 aromatic heterocycles. The predicted octanol–water partition coefficient (Wildman–Crippen LogP) is 2.27. The molecule has 7 nitrogen and oxygen atoms in total. The van der Waals surface area contributed by atoms with Gasteiger partial charge in [0.15, 0.2) is 0 Å². The van der Waals surface area contributed by atoms with Crippen molar-refractivity contribution in [2.24, 2.45) is 0 Å². The summed E-state index contributed by atoms with van der Waals surface area (Å²) >= 11 is 0. The SMILES string of the molecule is Cc1oc2c(C)c3oc(=O)c(CC(=O)N4CCNC(=O)C4)c(C)c3cc2c1C. The number of nitrogens with zero attached hydrogens (tertiary/aromatic N) is 1. The Kier molecular flexibility index (Phi) is 4.25. The molecule has 0 aliphatic carbocycles. The van der Waals surface area contributed by atoms with Crippen LogP contribution in [0.4, 0.5) is 0 Å². The second-order valence-electron chi connectivity index (χ2n) is 7.37. The first kappa shape index (κ1) is 18.3. The second-order valence-corrected chi connectivity index (χ2v) is 7.37. The topological polar surface area (TPSA) is 92.8 Å². The van der Waals surface area contributed by atoms with Gasteiger partial charge in [-0.3, -0.25) is 9.59 Å². The van der Waals surface area contributed by atoms with Gasteiger partial charge in [0, 0.05) is 29.4 Å². The Bertz CT molecular complexity index is 1200. The number of rotatable bonds is 2. The van der Waals surface area contributed by atoms with Crippen LogP contribution in [0.1, 0.15) is 28.0 Å². The smallest absolute Gasteiger partial charge is 0.340 e. The molecule has 1 N–H and O–H groups in total. The van der Waals surface area contributed by atoms with Crippen molar-refractivity contribution < 1.29 is 18.4 Å². The third-order valence-electron chi connectivity index (χ3n) is 5.66. The van der Waals surface area contributed by atoms with E-state index < -0.39 is 5.63 Å². The molecular weight excluding hydrogens is 360 g/mol. The number of piperazine rings is 1. The van der Waals surface area contributed by atoms with Gasteiger partial charge in [-0.25, -0.2) is 4.79 Å². The maximum absolute atomic E-state index is 12.6. The van der Waals surface area contributed by atoms with Crippen molar-refractivity contribution in [2.45, 2.75) is 34.1 Å². The Balaban J connectivity index is 1.82. The number of aryl methyl sites for hydroxylation is 4. The normalized spacial score (nSPS) is 14.7. The number of fused-ring (bicyclic) bond motifs is 2. The third kappa shape index (κ3) is 2.78. The fourth-order valence-electron chi connectivity index (χ4n) is 3.81. The van der Waals surface area contributed by atoms with E-state index in [2.05, 4.69) is 5.32 Å². The average molecular weight is 382 g/mol. The van der Waals surface area contributed by atoms with Gasteiger partial charge in [-0.05, 0) is 44.9 Å². The average Bonchev–Trinajstić information content (AvgIpc) is 2.95. The molecule has 1 saturated heterocycles. The summed E-state index contributed by atoms with van der Waals surface area (Å²) in [6.45, 7) is 8.48. The van der Waals surface area contributed by atoms with Crippen LogP contribution >= 0.6 is 0 Å². The first-order valence-electron chi connectivity index (χ1n) is 9.28. The molecule has 0 atom stereocenters. The highest BCUT2D eigenvalue weighted by Crippen LogP contribution is 2.34. The quantitative estimate of drug-likeness (QED) is 0.687. The van der Waals surface area contributed by atoms with Crippen LogP contribution in [-0.2, 0) is 16.0 Å². The van der Waals surface area contributed by atoms with Crippen molar-refractivity contribution >= 4 is 33.8 Å². The monoisotopic (exact) mass is 382 g/mol. The molecule has 2 amide bonds. The Labute approximate surface area is 161 Å². The molecule has 3 aromatic rings. The lowest BCUT2D eigenvalue weighted by molar-refractivity contribution is -0.137. The zero-order valence-electron chi connectivity index (χ0n) is 16.4. The number of benzene rings is 1. The lowest BCUT2D eigenvalue weighted by Crippen LogP contribution is -2.50. The van der Waals surface area contributed by atoms with Crippen molar-refractivity contribution in [3.05, 3.63) is 44.5 Å². The molecular formula is C21H22N2O5. The van der Waals surface area contributed by atoms with Crippen LogP contribution in [0.15, 0.2) is 19.7 Å². The molecule has 4 rings (SSSR count). The Morgan fingerprint density at radius 2 is 1.71 bits per heavy atom. The molecule has 3 heterocycles. The van der Waals surface area contributed by atoms with Gasteiger partial charge in [0.1, 0.15) is 16.9 Å². The first-order chi connectivity index (χ1) is 13.3. The summed E-state index contributed by atoms with van der Waals surface area (Å²) in [6.07, 6.45) is -0.0854. The van der Waals surface area contributed by atoms with E-state index in [-0.39, 0.29) is 24.8 Å². The number of amides is 2. The zero-order chi connectivity index (χ0) is 20.2. The minimum Gasteiger partial charge on any atom is -0.461 e. The molecule has 0 spiro atoms. The summed E-state index contributed by atoms with van der Waals surface area (Å²) in [5.41, 5.74) is 3.55. The molecule has 28 heavy (non-hydrogen) atoms. The minimum absolute atomic E-state index is 0.0179. The lowest BCUT2D eigenvalue weighted by Gasteiger charge is -2.26. The second kappa shape index (κ2) is 6.51. The van der Waals surface area contributed by atoms with E-state index in [1.54, 1.807) is 0 Å². The molecule has 1 aromatic carbocycles. The third-order valence-corrected chi connectivity index (χ3v) is 5.66. The van der Waals surface area contributed by atoms with Gasteiger partial charge in [-0.15, -0.1) is 0 Å². The molecule has 0 radical (unpaired) electrons. The maximum atomic E-state index is 12.6. The highest BCUT2D eigenvalue weighted by Gasteiger charge is 2.24. The van der Waals surface area contributed by atoms with E-state index in [0.717, 1.165) is 33.2 Å². The Morgan fingerprint density at radius 3 is 2.43 bits per heavy atom. The van der Waals surface area contributed by atoms with Gasteiger partial charge in [0.25, 0.3) is 0 Å². The number of nitrogens with one attached hydrogen (secondary N) is 1. The first-order valence-corrected chi connectivity index (χ1v) is 9.28. The molecule has 1 aliphatic heterocycles. The van der Waals surface area contributed by atoms with Crippen molar-refractivity contribution in [3.63, 3.8) is 0 Å². The highest BCUT2D eigenvalue weighted by atomic mass is 16.4. The van der Waals surface area contributed by atoms with E-state index in [0.29, 0.717) is 29.8 Å². The standard InChI is InChI=1S/C21H22N2O5/c1-10-13(4)27-19-12(3)20-15(7-14(10)19)11(2)16(21(26)28-20)8-18(25)23-6-5-22-17(24)9-23/h7H,5-6,8-9H2,1-4H3,(H,22,24). The molecule has 7 heteroatoms. The van der Waals surface area contributed by atoms with Crippen molar-refractivity contribution in [2.75, 3.05) is 19.6 Å². The van der Waals surface area contributed by atoms with Crippen LogP contribution in [0.2, 0.25) is 0 Å². The minimum atomic E-state index is -0.526. The summed E-state index contributed by atoms with van der Waals surface area (Å²) in [5, 5.41) is 4.46. The van der Waals surface area contributed by atoms with Gasteiger partial charge in [0.05, 0.1) is 18.5 Å². The Hall–Kier alpha value is -3.09. The van der Waals surface area contributed by atoms with Gasteiger partial charge >= 0.3 is 5.63 Å². The molecule has 1 aliphatic rings. The fourth-order valence-corrected chi connectivity index (χ4v) is 3.81. The summed E-state index contributed by atoms with van der Waals surface area (Å²) in [6, 6.07) is 1.96. The lowest BCUT2D eigenvalue weighted by atomic mass is 9.98. The fraction of sp³-hybridized carbons (Fsp3) is 0.381. The number of carbonyl (C=O) groups excluding carboxylic acids is 2. The van der Waals surface area contributed by atoms with E-state index in [4.69, 9.17) is 8.83 Å². The van der Waals surface area contributed by atoms with Crippen LogP contribution in [-0.4, -0.2) is 36.3 Å². The molecule has 0 unspecified atom stereocenters. The van der Waals surface area contributed by atoms with Crippen molar-refractivity contribution in [1.82, 2.24) is 10.2 Å². The molecule has 1 fully saturated rings. The van der Waals surface area contributed by atoms with Gasteiger partial charge in [-0.1, -0.05) is 0 Å². The number of hydrogen-bond donors (Lipinski definition) is 1. The molecule has 0 saturated carbocycles. The highest BCUT2D eigenvalue weighted by molar-refractivity contribution is 6.00. The zero-order valence-corrected chi connectivity index (χ0v) is 16.4. The number of furan rings is 1. The van der Waals surface area contributed by atoms with Gasteiger partial charge in [-0.2, -0.15) is 0 Å². The summed E-state index contributed by atoms with van der Waals surface area (Å²) in [4.78, 5) is 38.3. The van der Waals surface area contributed by atoms with Crippen LogP contribution in [0, 0.1) is 27.7 Å². The molecule has 0 bridgehead atoms. The van der Waals surface area contributed by atoms with E-state index in [1.165, 1.54) is 4.90 Å². The van der Waals surface area contributed by atoms with Crippen LogP contribution in [0.5, 0.6) is 0 Å². The van der Waals surface area contributed by atoms with E-state index in [9.17, 15) is 14.4 Å². The maximum Gasteiger partial charge on any atom is 0.340 e. The van der Waals surface area contributed by atoms with Crippen LogP contribution < -0.4 is 10.9 Å². The summed E-state index contributed by atoms with van der Waals surface area (Å²) in [7, 11) is 0. The predicted molar refractivity (Wildman–Crippen MR) is 104 cm³/mol. The van der Waals surface area contributed by atoms with E-state index in [1.807, 2.05) is 33.8 Å². The largest absolute Gasteiger partial charge is 0.461 e. The van der Waals surface area contributed by atoms with Crippen LogP contribution in [0.3, 0.4) is 0 Å². The van der Waals surface area contributed by atoms with Crippen molar-refractivity contribution in [1.29, 1.82) is 0 Å². The Morgan fingerprint density at radius 1 is 1.04 bits per heavy atom.